The number of hydrogen-bond donors (Lipinski definition) is 1. The van der Waals surface area contributed by atoms with Crippen LogP contribution in [0.2, 0.25) is 5.02 Å². The van der Waals surface area contributed by atoms with Crippen LogP contribution >= 0.6 is 11.6 Å². The lowest BCUT2D eigenvalue weighted by Crippen LogP contribution is -2.33. The van der Waals surface area contributed by atoms with Crippen LogP contribution in [0.25, 0.3) is 22.0 Å². The monoisotopic (exact) mass is 572 g/mol. The van der Waals surface area contributed by atoms with Gasteiger partial charge in [0.15, 0.2) is 0 Å². The van der Waals surface area contributed by atoms with Crippen LogP contribution in [0, 0.1) is 0 Å². The number of nitrogens with zero attached hydrogens (tertiary/aromatic N) is 3. The Morgan fingerprint density at radius 1 is 0.949 bits per heavy atom. The van der Waals surface area contributed by atoms with E-state index in [0.717, 1.165) is 52.8 Å². The highest BCUT2D eigenvalue weighted by Crippen LogP contribution is 2.38. The molecule has 11 heteroatoms. The number of rotatable bonds is 8. The number of nitrogens with one attached hydrogen (secondary N) is 1. The summed E-state index contributed by atoms with van der Waals surface area (Å²) in [4.78, 5) is 8.38. The zero-order chi connectivity index (χ0) is 27.4. The molecule has 2 aliphatic rings. The molecule has 202 valence electrons. The quantitative estimate of drug-likeness (QED) is 0.249. The molecule has 0 atom stereocenters. The molecule has 6 rings (SSSR count). The van der Waals surface area contributed by atoms with Gasteiger partial charge in [-0.2, -0.15) is 17.5 Å². The number of aromatic nitrogens is 2. The number of alkyl halides is 3. The van der Waals surface area contributed by atoms with Crippen molar-refractivity contribution in [1.29, 1.82) is 0 Å². The second-order valence-electron chi connectivity index (χ2n) is 9.99. The number of anilines is 1. The van der Waals surface area contributed by atoms with E-state index < -0.39 is 21.8 Å². The van der Waals surface area contributed by atoms with Gasteiger partial charge in [-0.15, -0.1) is 0 Å². The normalized spacial score (nSPS) is 16.1. The van der Waals surface area contributed by atoms with Gasteiger partial charge >= 0.3 is 6.18 Å². The second-order valence-corrected chi connectivity index (χ2v) is 12.3. The van der Waals surface area contributed by atoms with Gasteiger partial charge in [0.25, 0.3) is 0 Å². The van der Waals surface area contributed by atoms with Gasteiger partial charge in [0.2, 0.25) is 10.0 Å². The molecule has 0 spiro atoms. The van der Waals surface area contributed by atoms with Crippen LogP contribution in [0.1, 0.15) is 36.8 Å². The predicted molar refractivity (Wildman–Crippen MR) is 144 cm³/mol. The van der Waals surface area contributed by atoms with Gasteiger partial charge in [-0.05, 0) is 84.8 Å². The summed E-state index contributed by atoms with van der Waals surface area (Å²) >= 11 is 6.52. The Labute approximate surface area is 228 Å². The average molecular weight is 573 g/mol. The average Bonchev–Trinajstić information content (AvgIpc) is 3.84. The summed E-state index contributed by atoms with van der Waals surface area (Å²) in [6.07, 6.45) is 0.365. The number of sulfonamides is 1. The fraction of sp³-hybridized carbons (Fsp3) is 0.286. The third-order valence-corrected chi connectivity index (χ3v) is 9.24. The lowest BCUT2D eigenvalue weighted by Gasteiger charge is -2.23. The number of halogens is 4. The third-order valence-electron chi connectivity index (χ3n) is 6.98. The Kier molecular flexibility index (Phi) is 6.52. The van der Waals surface area contributed by atoms with Crippen molar-refractivity contribution in [3.8, 4) is 11.1 Å². The molecule has 1 aromatic heterocycles. The van der Waals surface area contributed by atoms with Crippen LogP contribution in [0.4, 0.5) is 19.0 Å². The van der Waals surface area contributed by atoms with E-state index in [1.165, 1.54) is 16.7 Å². The molecule has 0 radical (unpaired) electrons. The van der Waals surface area contributed by atoms with Gasteiger partial charge in [0.05, 0.1) is 16.0 Å². The molecule has 1 heterocycles. The highest BCUT2D eigenvalue weighted by Gasteiger charge is 2.39. The molecule has 0 saturated heterocycles. The van der Waals surface area contributed by atoms with Gasteiger partial charge in [-0.1, -0.05) is 29.8 Å². The van der Waals surface area contributed by atoms with Crippen molar-refractivity contribution in [2.24, 2.45) is 0 Å². The SMILES string of the molecule is O=S(=O)(c1cccc(C(F)(F)F)c1)N(Cc1cc(-c2ccc3ncnc(NC4CC4)c3c2)ccc1Cl)C1CC1. The first-order valence-corrected chi connectivity index (χ1v) is 14.4. The van der Waals surface area contributed by atoms with Crippen molar-refractivity contribution in [2.45, 2.75) is 55.4 Å². The maximum Gasteiger partial charge on any atom is 0.416 e. The minimum Gasteiger partial charge on any atom is -0.367 e. The maximum absolute atomic E-state index is 13.5. The van der Waals surface area contributed by atoms with Gasteiger partial charge in [0, 0.05) is 29.0 Å². The van der Waals surface area contributed by atoms with Crippen molar-refractivity contribution >= 4 is 38.3 Å². The Bertz CT molecular complexity index is 1670. The summed E-state index contributed by atoms with van der Waals surface area (Å²) in [6.45, 7) is -0.0545. The topological polar surface area (TPSA) is 75.2 Å². The molecule has 39 heavy (non-hydrogen) atoms. The highest BCUT2D eigenvalue weighted by molar-refractivity contribution is 7.89. The van der Waals surface area contributed by atoms with E-state index in [4.69, 9.17) is 11.6 Å². The Morgan fingerprint density at radius 2 is 1.69 bits per heavy atom. The van der Waals surface area contributed by atoms with Crippen molar-refractivity contribution in [3.63, 3.8) is 0 Å². The summed E-state index contributed by atoms with van der Waals surface area (Å²) in [5, 5.41) is 4.69. The van der Waals surface area contributed by atoms with E-state index in [9.17, 15) is 21.6 Å². The lowest BCUT2D eigenvalue weighted by molar-refractivity contribution is -0.137. The minimum atomic E-state index is -4.65. The molecule has 0 bridgehead atoms. The first kappa shape index (κ1) is 26.0. The van der Waals surface area contributed by atoms with Crippen molar-refractivity contribution in [3.05, 3.63) is 83.1 Å². The molecule has 2 fully saturated rings. The van der Waals surface area contributed by atoms with E-state index in [0.29, 0.717) is 35.5 Å². The van der Waals surface area contributed by atoms with E-state index >= 15 is 0 Å². The fourth-order valence-corrected chi connectivity index (χ4v) is 6.44. The van der Waals surface area contributed by atoms with Crippen LogP contribution in [-0.2, 0) is 22.7 Å². The van der Waals surface area contributed by atoms with E-state index in [1.807, 2.05) is 30.3 Å². The fourth-order valence-electron chi connectivity index (χ4n) is 4.56. The van der Waals surface area contributed by atoms with Gasteiger partial charge in [0.1, 0.15) is 12.1 Å². The number of benzene rings is 3. The number of fused-ring (bicyclic) bond motifs is 1. The van der Waals surface area contributed by atoms with E-state index in [2.05, 4.69) is 15.3 Å². The van der Waals surface area contributed by atoms with Crippen molar-refractivity contribution in [1.82, 2.24) is 14.3 Å². The molecule has 0 aliphatic heterocycles. The molecule has 0 amide bonds. The molecule has 6 nitrogen and oxygen atoms in total. The lowest BCUT2D eigenvalue weighted by atomic mass is 10.0. The molecular formula is C28H24ClF3N4O2S. The standard InChI is InChI=1S/C28H24ClF3N4O2S/c29-25-10-4-17(18-5-11-26-24(13-18)27(34-16-33-26)35-21-6-7-21)12-19(25)15-36(22-8-9-22)39(37,38)23-3-1-2-20(14-23)28(30,31)32/h1-5,10-14,16,21-22H,6-9,15H2,(H,33,34,35). The predicted octanol–water partition coefficient (Wildman–Crippen LogP) is 6.90. The molecular weight excluding hydrogens is 549 g/mol. The maximum atomic E-state index is 13.5. The molecule has 2 saturated carbocycles. The molecule has 2 aliphatic carbocycles. The first-order chi connectivity index (χ1) is 18.6. The zero-order valence-corrected chi connectivity index (χ0v) is 22.2. The molecule has 1 N–H and O–H groups in total. The summed E-state index contributed by atoms with van der Waals surface area (Å²) in [5.41, 5.74) is 2.07. The van der Waals surface area contributed by atoms with Crippen LogP contribution < -0.4 is 5.32 Å². The van der Waals surface area contributed by atoms with E-state index in [1.54, 1.807) is 6.07 Å². The van der Waals surface area contributed by atoms with Gasteiger partial charge < -0.3 is 5.32 Å². The summed E-state index contributed by atoms with van der Waals surface area (Å²) in [6, 6.07) is 15.2. The van der Waals surface area contributed by atoms with Crippen LogP contribution in [0.5, 0.6) is 0 Å². The van der Waals surface area contributed by atoms with Crippen molar-refractivity contribution in [2.75, 3.05) is 5.32 Å². The Balaban J connectivity index is 1.34. The van der Waals surface area contributed by atoms with Gasteiger partial charge in [-0.25, -0.2) is 18.4 Å². The van der Waals surface area contributed by atoms with Crippen LogP contribution in [0.3, 0.4) is 0 Å². The van der Waals surface area contributed by atoms with Crippen LogP contribution in [-0.4, -0.2) is 34.8 Å². The van der Waals surface area contributed by atoms with Crippen LogP contribution in [0.15, 0.2) is 71.9 Å². The first-order valence-electron chi connectivity index (χ1n) is 12.6. The Hall–Kier alpha value is -3.21. The largest absolute Gasteiger partial charge is 0.416 e. The summed E-state index contributed by atoms with van der Waals surface area (Å²) in [7, 11) is -4.20. The Morgan fingerprint density at radius 3 is 2.41 bits per heavy atom. The highest BCUT2D eigenvalue weighted by atomic mass is 35.5. The molecule has 3 aromatic carbocycles. The van der Waals surface area contributed by atoms with Crippen molar-refractivity contribution < 1.29 is 21.6 Å². The van der Waals surface area contributed by atoms with Gasteiger partial charge in [-0.3, -0.25) is 0 Å². The summed E-state index contributed by atoms with van der Waals surface area (Å²) in [5.74, 6) is 0.769. The molecule has 0 unspecified atom stereocenters. The summed E-state index contributed by atoms with van der Waals surface area (Å²) < 4.78 is 68.2. The third kappa shape index (κ3) is 5.46. The molecule has 4 aromatic rings. The smallest absolute Gasteiger partial charge is 0.367 e. The minimum absolute atomic E-state index is 0.0545. The van der Waals surface area contributed by atoms with E-state index in [-0.39, 0.29) is 17.5 Å². The zero-order valence-electron chi connectivity index (χ0n) is 20.6. The number of hydrogen-bond acceptors (Lipinski definition) is 5. The second kappa shape index (κ2) is 9.76.